The van der Waals surface area contributed by atoms with Crippen LogP contribution in [0.3, 0.4) is 0 Å². The molecular weight excluding hydrogens is 424 g/mol. The fraction of sp³-hybridized carbons (Fsp3) is 0.562. The molecule has 2 aliphatic rings. The summed E-state index contributed by atoms with van der Waals surface area (Å²) in [6.45, 7) is 0.0555. The largest absolute Gasteiger partial charge is 0.352 e. The van der Waals surface area contributed by atoms with Gasteiger partial charge in [-0.15, -0.1) is 0 Å². The molecule has 2 fully saturated rings. The van der Waals surface area contributed by atoms with Gasteiger partial charge in [-0.2, -0.15) is 4.31 Å². The van der Waals surface area contributed by atoms with Crippen molar-refractivity contribution >= 4 is 31.6 Å². The second kappa shape index (κ2) is 7.63. The van der Waals surface area contributed by atoms with Crippen LogP contribution < -0.4 is 5.32 Å². The molecule has 3 rings (SSSR count). The van der Waals surface area contributed by atoms with E-state index in [0.29, 0.717) is 12.8 Å². The van der Waals surface area contributed by atoms with E-state index in [0.717, 1.165) is 39.7 Å². The van der Waals surface area contributed by atoms with Crippen LogP contribution in [0, 0.1) is 10.1 Å². The molecule has 0 spiro atoms. The van der Waals surface area contributed by atoms with Crippen LogP contribution in [-0.2, 0) is 24.8 Å². The molecule has 1 aliphatic heterocycles. The number of carbonyl (C=O) groups excluding carboxylic acids is 1. The highest BCUT2D eigenvalue weighted by atomic mass is 32.2. The molecule has 29 heavy (non-hydrogen) atoms. The number of nitro groups is 1. The molecule has 1 saturated carbocycles. The van der Waals surface area contributed by atoms with Gasteiger partial charge in [-0.05, 0) is 37.8 Å². The van der Waals surface area contributed by atoms with E-state index >= 15 is 0 Å². The van der Waals surface area contributed by atoms with Crippen LogP contribution in [0.2, 0.25) is 0 Å². The maximum atomic E-state index is 13.2. The molecule has 1 heterocycles. The highest BCUT2D eigenvalue weighted by Crippen LogP contribution is 2.34. The number of sulfonamides is 2. The zero-order valence-corrected chi connectivity index (χ0v) is 17.6. The van der Waals surface area contributed by atoms with Crippen LogP contribution in [0.15, 0.2) is 28.0 Å². The Bertz CT molecular complexity index is 1050. The highest BCUT2D eigenvalue weighted by Gasteiger charge is 2.43. The lowest BCUT2D eigenvalue weighted by molar-refractivity contribution is -0.388. The van der Waals surface area contributed by atoms with Crippen LogP contribution in [-0.4, -0.2) is 69.0 Å². The molecule has 1 aromatic rings. The highest BCUT2D eigenvalue weighted by molar-refractivity contribution is 7.89. The maximum Gasteiger partial charge on any atom is 0.290 e. The summed E-state index contributed by atoms with van der Waals surface area (Å²) >= 11 is 0. The predicted molar refractivity (Wildman–Crippen MR) is 102 cm³/mol. The first-order valence-corrected chi connectivity index (χ1v) is 11.9. The number of amides is 1. The van der Waals surface area contributed by atoms with Crippen molar-refractivity contribution in [3.05, 3.63) is 28.3 Å². The van der Waals surface area contributed by atoms with Crippen LogP contribution in [0.25, 0.3) is 0 Å². The fourth-order valence-electron chi connectivity index (χ4n) is 3.17. The Labute approximate surface area is 168 Å². The predicted octanol–water partition coefficient (Wildman–Crippen LogP) is 0.277. The zero-order chi connectivity index (χ0) is 21.6. The van der Waals surface area contributed by atoms with E-state index < -0.39 is 52.4 Å². The molecule has 1 saturated heterocycles. The lowest BCUT2D eigenvalue weighted by atomic mass is 10.2. The molecule has 160 valence electrons. The maximum absolute atomic E-state index is 13.2. The van der Waals surface area contributed by atoms with E-state index in [1.54, 1.807) is 0 Å². The lowest BCUT2D eigenvalue weighted by Gasteiger charge is -2.23. The number of carbonyl (C=O) groups is 1. The van der Waals surface area contributed by atoms with Gasteiger partial charge in [0.2, 0.25) is 15.9 Å². The summed E-state index contributed by atoms with van der Waals surface area (Å²) in [6, 6.07) is 1.78. The molecule has 1 aliphatic carbocycles. The summed E-state index contributed by atoms with van der Waals surface area (Å²) < 4.78 is 52.7. The van der Waals surface area contributed by atoms with Gasteiger partial charge in [-0.3, -0.25) is 14.9 Å². The first-order valence-electron chi connectivity index (χ1n) is 8.99. The minimum absolute atomic E-state index is 0.0533. The zero-order valence-electron chi connectivity index (χ0n) is 15.9. The van der Waals surface area contributed by atoms with Gasteiger partial charge in [0.05, 0.1) is 9.82 Å². The first kappa shape index (κ1) is 21.6. The molecule has 1 amide bonds. The Hall–Kier alpha value is -2.09. The van der Waals surface area contributed by atoms with Crippen molar-refractivity contribution in [3.8, 4) is 0 Å². The van der Waals surface area contributed by atoms with E-state index in [2.05, 4.69) is 5.32 Å². The molecule has 0 radical (unpaired) electrons. The number of hydrogen-bond acceptors (Lipinski definition) is 7. The smallest absolute Gasteiger partial charge is 0.290 e. The summed E-state index contributed by atoms with van der Waals surface area (Å²) in [5.41, 5.74) is -0.846. The van der Waals surface area contributed by atoms with Gasteiger partial charge in [0.1, 0.15) is 6.04 Å². The SMILES string of the molecule is CN(C)S(=O)(=O)c1ccc(S(=O)(=O)N2CCCC2C(=O)NC2CC2)c([N+](=O)[O-])c1. The Kier molecular flexibility index (Phi) is 5.69. The fourth-order valence-corrected chi connectivity index (χ4v) is 5.89. The number of nitrogens with one attached hydrogen (secondary N) is 1. The standard InChI is InChI=1S/C16H22N4O7S2/c1-18(2)28(24,25)12-7-8-15(14(10-12)20(22)23)29(26,27)19-9-3-4-13(19)16(21)17-11-5-6-11/h7-8,10-11,13H,3-6,9H2,1-2H3,(H,17,21). The van der Waals surface area contributed by atoms with E-state index in [1.165, 1.54) is 14.1 Å². The van der Waals surface area contributed by atoms with Gasteiger partial charge in [0.25, 0.3) is 15.7 Å². The minimum atomic E-state index is -4.38. The minimum Gasteiger partial charge on any atom is -0.352 e. The van der Waals surface area contributed by atoms with Crippen molar-refractivity contribution < 1.29 is 26.6 Å². The second-order valence-electron chi connectivity index (χ2n) is 7.23. The van der Waals surface area contributed by atoms with Crippen molar-refractivity contribution in [1.82, 2.24) is 13.9 Å². The Balaban J connectivity index is 2.01. The van der Waals surface area contributed by atoms with Crippen molar-refractivity contribution in [2.75, 3.05) is 20.6 Å². The summed E-state index contributed by atoms with van der Waals surface area (Å²) in [5.74, 6) is -0.414. The van der Waals surface area contributed by atoms with E-state index in [4.69, 9.17) is 0 Å². The van der Waals surface area contributed by atoms with Gasteiger partial charge in [0, 0.05) is 32.7 Å². The number of hydrogen-bond donors (Lipinski definition) is 1. The lowest BCUT2D eigenvalue weighted by Crippen LogP contribution is -2.46. The van der Waals surface area contributed by atoms with Crippen molar-refractivity contribution in [1.29, 1.82) is 0 Å². The molecule has 13 heteroatoms. The van der Waals surface area contributed by atoms with Crippen molar-refractivity contribution in [2.45, 2.75) is 47.6 Å². The Morgan fingerprint density at radius 3 is 2.41 bits per heavy atom. The second-order valence-corrected chi connectivity index (χ2v) is 11.2. The number of rotatable bonds is 7. The number of nitro benzene ring substituents is 1. The molecule has 1 aromatic carbocycles. The molecule has 0 bridgehead atoms. The monoisotopic (exact) mass is 446 g/mol. The van der Waals surface area contributed by atoms with Gasteiger partial charge >= 0.3 is 0 Å². The topological polar surface area (TPSA) is 147 Å². The molecule has 11 nitrogen and oxygen atoms in total. The van der Waals surface area contributed by atoms with Gasteiger partial charge < -0.3 is 5.32 Å². The summed E-state index contributed by atoms with van der Waals surface area (Å²) in [5, 5.41) is 14.3. The third kappa shape index (κ3) is 4.13. The Morgan fingerprint density at radius 1 is 1.21 bits per heavy atom. The van der Waals surface area contributed by atoms with Crippen molar-refractivity contribution in [3.63, 3.8) is 0 Å². The van der Waals surface area contributed by atoms with Gasteiger partial charge in [-0.1, -0.05) is 0 Å². The average Bonchev–Trinajstić information content (AvgIpc) is 3.31. The van der Waals surface area contributed by atoms with E-state index in [-0.39, 0.29) is 12.6 Å². The number of nitrogens with zero attached hydrogens (tertiary/aromatic N) is 3. The quantitative estimate of drug-likeness (QED) is 0.467. The number of benzene rings is 1. The van der Waals surface area contributed by atoms with Crippen LogP contribution in [0.1, 0.15) is 25.7 Å². The van der Waals surface area contributed by atoms with Crippen LogP contribution in [0.5, 0.6) is 0 Å². The molecule has 1 atom stereocenters. The first-order chi connectivity index (χ1) is 13.5. The molecular formula is C16H22N4O7S2. The summed E-state index contributed by atoms with van der Waals surface area (Å²) in [7, 11) is -5.85. The third-order valence-corrected chi connectivity index (χ3v) is 8.69. The normalized spacial score (nSPS) is 20.7. The summed E-state index contributed by atoms with van der Waals surface area (Å²) in [4.78, 5) is 22.0. The third-order valence-electron chi connectivity index (χ3n) is 4.92. The molecule has 1 N–H and O–H groups in total. The average molecular weight is 447 g/mol. The summed E-state index contributed by atoms with van der Waals surface area (Å²) in [6.07, 6.45) is 2.46. The van der Waals surface area contributed by atoms with Crippen LogP contribution >= 0.6 is 0 Å². The Morgan fingerprint density at radius 2 is 1.86 bits per heavy atom. The van der Waals surface area contributed by atoms with Crippen LogP contribution in [0.4, 0.5) is 5.69 Å². The van der Waals surface area contributed by atoms with Gasteiger partial charge in [0.15, 0.2) is 4.90 Å². The van der Waals surface area contributed by atoms with Gasteiger partial charge in [-0.25, -0.2) is 21.1 Å². The molecule has 0 aromatic heterocycles. The molecule has 1 unspecified atom stereocenters. The van der Waals surface area contributed by atoms with E-state index in [1.807, 2.05) is 0 Å². The van der Waals surface area contributed by atoms with Crippen molar-refractivity contribution in [2.24, 2.45) is 0 Å². The van der Waals surface area contributed by atoms with E-state index in [9.17, 15) is 31.7 Å².